The third kappa shape index (κ3) is 4.77. The molecular weight excluding hydrogens is 230 g/mol. The molecule has 0 amide bonds. The minimum Gasteiger partial charge on any atom is -0.327 e. The van der Waals surface area contributed by atoms with Gasteiger partial charge in [0.1, 0.15) is 0 Å². The number of nitrogens with two attached hydrogens (primary N) is 1. The number of unbranched alkanes of at least 4 members (excludes halogenated alkanes) is 7. The smallest absolute Gasteiger partial charge is 0.00699 e. The second-order valence-corrected chi connectivity index (χ2v) is 7.27. The van der Waals surface area contributed by atoms with Crippen molar-refractivity contribution in [2.75, 3.05) is 0 Å². The van der Waals surface area contributed by atoms with Crippen molar-refractivity contribution >= 4 is 0 Å². The Morgan fingerprint density at radius 1 is 0.895 bits per heavy atom. The second kappa shape index (κ2) is 8.29. The summed E-state index contributed by atoms with van der Waals surface area (Å²) in [6, 6.07) is 0.524. The standard InChI is InChI=1S/C18H35N/c1-2-3-4-5-6-7-8-9-10-18(19)17-14-15-11-12-16(17)13-15/h15-18H,2-14,19H2,1H3. The molecule has 2 bridgehead atoms. The van der Waals surface area contributed by atoms with Crippen molar-refractivity contribution in [3.8, 4) is 0 Å². The summed E-state index contributed by atoms with van der Waals surface area (Å²) in [5, 5.41) is 0. The summed E-state index contributed by atoms with van der Waals surface area (Å²) in [5.41, 5.74) is 6.45. The van der Waals surface area contributed by atoms with Gasteiger partial charge in [0.25, 0.3) is 0 Å². The maximum atomic E-state index is 6.45. The molecule has 0 radical (unpaired) electrons. The van der Waals surface area contributed by atoms with Crippen molar-refractivity contribution in [3.05, 3.63) is 0 Å². The van der Waals surface area contributed by atoms with E-state index in [9.17, 15) is 0 Å². The van der Waals surface area contributed by atoms with Crippen molar-refractivity contribution in [3.63, 3.8) is 0 Å². The SMILES string of the molecule is CCCCCCCCCCC(N)C1CC2CCC1C2. The van der Waals surface area contributed by atoms with Crippen LogP contribution < -0.4 is 5.73 Å². The molecule has 1 heteroatoms. The van der Waals surface area contributed by atoms with Gasteiger partial charge in [-0.25, -0.2) is 0 Å². The summed E-state index contributed by atoms with van der Waals surface area (Å²) >= 11 is 0. The highest BCUT2D eigenvalue weighted by Crippen LogP contribution is 2.49. The molecule has 1 nitrogen and oxygen atoms in total. The summed E-state index contributed by atoms with van der Waals surface area (Å²) in [6.07, 6.45) is 18.6. The molecule has 0 heterocycles. The molecule has 2 aliphatic rings. The molecule has 0 aromatic heterocycles. The van der Waals surface area contributed by atoms with Crippen molar-refractivity contribution in [2.45, 2.75) is 96.4 Å². The van der Waals surface area contributed by atoms with Gasteiger partial charge in [0.15, 0.2) is 0 Å². The van der Waals surface area contributed by atoms with Gasteiger partial charge in [-0.1, -0.05) is 64.7 Å². The lowest BCUT2D eigenvalue weighted by Gasteiger charge is -2.27. The van der Waals surface area contributed by atoms with Gasteiger partial charge in [-0.3, -0.25) is 0 Å². The Bertz CT molecular complexity index is 238. The lowest BCUT2D eigenvalue weighted by Crippen LogP contribution is -2.33. The van der Waals surface area contributed by atoms with Crippen LogP contribution in [0.2, 0.25) is 0 Å². The van der Waals surface area contributed by atoms with Crippen molar-refractivity contribution in [1.82, 2.24) is 0 Å². The minimum absolute atomic E-state index is 0.524. The third-order valence-electron chi connectivity index (χ3n) is 5.73. The van der Waals surface area contributed by atoms with Crippen LogP contribution in [-0.4, -0.2) is 6.04 Å². The van der Waals surface area contributed by atoms with Crippen LogP contribution in [0.4, 0.5) is 0 Å². The fourth-order valence-electron chi connectivity index (χ4n) is 4.55. The lowest BCUT2D eigenvalue weighted by atomic mass is 9.82. The number of rotatable bonds is 10. The molecule has 0 saturated heterocycles. The van der Waals surface area contributed by atoms with E-state index < -0.39 is 0 Å². The molecule has 2 rings (SSSR count). The molecule has 19 heavy (non-hydrogen) atoms. The second-order valence-electron chi connectivity index (χ2n) is 7.27. The fourth-order valence-corrected chi connectivity index (χ4v) is 4.55. The molecule has 0 aliphatic heterocycles. The average molecular weight is 265 g/mol. The summed E-state index contributed by atoms with van der Waals surface area (Å²) in [4.78, 5) is 0. The van der Waals surface area contributed by atoms with E-state index in [1.54, 1.807) is 0 Å². The topological polar surface area (TPSA) is 26.0 Å². The first-order chi connectivity index (χ1) is 9.31. The Balaban J connectivity index is 1.45. The molecule has 0 aromatic rings. The van der Waals surface area contributed by atoms with E-state index in [0.717, 1.165) is 17.8 Å². The first kappa shape index (κ1) is 15.4. The Morgan fingerprint density at radius 3 is 2.16 bits per heavy atom. The predicted molar refractivity (Wildman–Crippen MR) is 84.1 cm³/mol. The van der Waals surface area contributed by atoms with Crippen LogP contribution >= 0.6 is 0 Å². The van der Waals surface area contributed by atoms with E-state index >= 15 is 0 Å². The molecular formula is C18H35N. The Hall–Kier alpha value is -0.0400. The molecule has 2 aliphatic carbocycles. The number of fused-ring (bicyclic) bond motifs is 2. The Kier molecular flexibility index (Phi) is 6.70. The van der Waals surface area contributed by atoms with Crippen LogP contribution in [0.3, 0.4) is 0 Å². The van der Waals surface area contributed by atoms with E-state index in [2.05, 4.69) is 6.92 Å². The lowest BCUT2D eigenvalue weighted by molar-refractivity contribution is 0.268. The zero-order valence-electron chi connectivity index (χ0n) is 13.1. The van der Waals surface area contributed by atoms with Crippen molar-refractivity contribution in [1.29, 1.82) is 0 Å². The maximum Gasteiger partial charge on any atom is 0.00699 e. The van der Waals surface area contributed by atoms with E-state index in [1.807, 2.05) is 0 Å². The van der Waals surface area contributed by atoms with E-state index in [1.165, 1.54) is 83.5 Å². The number of hydrogen-bond acceptors (Lipinski definition) is 1. The van der Waals surface area contributed by atoms with Gasteiger partial charge in [0.2, 0.25) is 0 Å². The first-order valence-electron chi connectivity index (χ1n) is 9.06. The van der Waals surface area contributed by atoms with Crippen LogP contribution in [0.5, 0.6) is 0 Å². The summed E-state index contributed by atoms with van der Waals surface area (Å²) in [6.45, 7) is 2.29. The molecule has 2 N–H and O–H groups in total. The zero-order valence-corrected chi connectivity index (χ0v) is 13.1. The van der Waals surface area contributed by atoms with Gasteiger partial charge < -0.3 is 5.73 Å². The first-order valence-corrected chi connectivity index (χ1v) is 9.06. The monoisotopic (exact) mass is 265 g/mol. The molecule has 2 fully saturated rings. The van der Waals surface area contributed by atoms with E-state index in [4.69, 9.17) is 5.73 Å². The van der Waals surface area contributed by atoms with Gasteiger partial charge >= 0.3 is 0 Å². The average Bonchev–Trinajstić information content (AvgIpc) is 3.04. The summed E-state index contributed by atoms with van der Waals surface area (Å²) in [7, 11) is 0. The number of hydrogen-bond donors (Lipinski definition) is 1. The van der Waals surface area contributed by atoms with Crippen LogP contribution in [0, 0.1) is 17.8 Å². The van der Waals surface area contributed by atoms with Crippen molar-refractivity contribution in [2.24, 2.45) is 23.5 Å². The highest BCUT2D eigenvalue weighted by atomic mass is 14.7. The Morgan fingerprint density at radius 2 is 1.58 bits per heavy atom. The highest BCUT2D eigenvalue weighted by molar-refractivity contribution is 4.94. The highest BCUT2D eigenvalue weighted by Gasteiger charge is 2.41. The van der Waals surface area contributed by atoms with Crippen LogP contribution in [-0.2, 0) is 0 Å². The normalized spacial score (nSPS) is 30.9. The van der Waals surface area contributed by atoms with Gasteiger partial charge in [-0.2, -0.15) is 0 Å². The van der Waals surface area contributed by atoms with Crippen molar-refractivity contribution < 1.29 is 0 Å². The van der Waals surface area contributed by atoms with Gasteiger partial charge in [-0.15, -0.1) is 0 Å². The maximum absolute atomic E-state index is 6.45. The van der Waals surface area contributed by atoms with E-state index in [-0.39, 0.29) is 0 Å². The summed E-state index contributed by atoms with van der Waals surface area (Å²) < 4.78 is 0. The molecule has 4 atom stereocenters. The third-order valence-corrected chi connectivity index (χ3v) is 5.73. The quantitative estimate of drug-likeness (QED) is 0.534. The zero-order chi connectivity index (χ0) is 13.5. The van der Waals surface area contributed by atoms with Crippen LogP contribution in [0.25, 0.3) is 0 Å². The van der Waals surface area contributed by atoms with Gasteiger partial charge in [0, 0.05) is 6.04 Å². The van der Waals surface area contributed by atoms with Gasteiger partial charge in [0.05, 0.1) is 0 Å². The Labute approximate surface area is 120 Å². The fraction of sp³-hybridized carbons (Fsp3) is 1.00. The summed E-state index contributed by atoms with van der Waals surface area (Å²) in [5.74, 6) is 2.96. The largest absolute Gasteiger partial charge is 0.327 e. The van der Waals surface area contributed by atoms with E-state index in [0.29, 0.717) is 6.04 Å². The van der Waals surface area contributed by atoms with Gasteiger partial charge in [-0.05, 0) is 43.4 Å². The molecule has 4 unspecified atom stereocenters. The molecule has 0 aromatic carbocycles. The molecule has 2 saturated carbocycles. The minimum atomic E-state index is 0.524. The van der Waals surface area contributed by atoms with Crippen LogP contribution in [0.1, 0.15) is 90.4 Å². The predicted octanol–water partition coefficient (Wildman–Crippen LogP) is 5.28. The molecule has 0 spiro atoms. The van der Waals surface area contributed by atoms with Crippen LogP contribution in [0.15, 0.2) is 0 Å². The molecule has 112 valence electrons.